The van der Waals surface area contributed by atoms with Crippen molar-refractivity contribution in [3.8, 4) is 12.1 Å². The Hall–Kier alpha value is -3.06. The van der Waals surface area contributed by atoms with E-state index in [0.29, 0.717) is 12.2 Å². The molecular formula is C12H10N6O. The van der Waals surface area contributed by atoms with Crippen LogP contribution in [0.4, 0.5) is 16.2 Å². The first-order chi connectivity index (χ1) is 9.15. The van der Waals surface area contributed by atoms with Gasteiger partial charge >= 0.3 is 6.03 Å². The Kier molecular flexibility index (Phi) is 3.31. The summed E-state index contributed by atoms with van der Waals surface area (Å²) in [5.74, 6) is 0. The van der Waals surface area contributed by atoms with Gasteiger partial charge in [-0.2, -0.15) is 15.6 Å². The maximum atomic E-state index is 11.4. The molecule has 1 aliphatic rings. The SMILES string of the molecule is CN1C(=O)NCc2cc(NN=C(C#N)C#N)ccc21. The monoisotopic (exact) mass is 254 g/mol. The molecular weight excluding hydrogens is 244 g/mol. The molecule has 0 aromatic heterocycles. The molecule has 0 saturated carbocycles. The number of nitrogens with zero attached hydrogens (tertiary/aromatic N) is 4. The highest BCUT2D eigenvalue weighted by atomic mass is 16.2. The summed E-state index contributed by atoms with van der Waals surface area (Å²) < 4.78 is 0. The number of urea groups is 1. The van der Waals surface area contributed by atoms with Crippen LogP contribution in [0.5, 0.6) is 0 Å². The normalized spacial score (nSPS) is 12.6. The lowest BCUT2D eigenvalue weighted by atomic mass is 10.1. The fourth-order valence-corrected chi connectivity index (χ4v) is 1.72. The molecule has 7 heteroatoms. The van der Waals surface area contributed by atoms with Crippen LogP contribution in [-0.2, 0) is 6.54 Å². The van der Waals surface area contributed by atoms with Crippen LogP contribution in [-0.4, -0.2) is 18.8 Å². The van der Waals surface area contributed by atoms with Gasteiger partial charge in [0.25, 0.3) is 0 Å². The van der Waals surface area contributed by atoms with Gasteiger partial charge in [-0.25, -0.2) is 4.79 Å². The van der Waals surface area contributed by atoms with Gasteiger partial charge in [0.15, 0.2) is 0 Å². The van der Waals surface area contributed by atoms with Crippen molar-refractivity contribution in [3.05, 3.63) is 23.8 Å². The summed E-state index contributed by atoms with van der Waals surface area (Å²) >= 11 is 0. The van der Waals surface area contributed by atoms with Crippen LogP contribution in [0.1, 0.15) is 5.56 Å². The fraction of sp³-hybridized carbons (Fsp3) is 0.167. The molecule has 0 bridgehead atoms. The number of amides is 2. The summed E-state index contributed by atoms with van der Waals surface area (Å²) in [6, 6.07) is 8.48. The number of nitrogens with one attached hydrogen (secondary N) is 2. The van der Waals surface area contributed by atoms with E-state index >= 15 is 0 Å². The van der Waals surface area contributed by atoms with E-state index in [9.17, 15) is 4.79 Å². The van der Waals surface area contributed by atoms with Gasteiger partial charge in [0.05, 0.1) is 11.4 Å². The highest BCUT2D eigenvalue weighted by Crippen LogP contribution is 2.26. The average Bonchev–Trinajstić information content (AvgIpc) is 2.44. The zero-order valence-corrected chi connectivity index (χ0v) is 10.1. The van der Waals surface area contributed by atoms with Gasteiger partial charge in [-0.1, -0.05) is 0 Å². The topological polar surface area (TPSA) is 104 Å². The number of fused-ring (bicyclic) bond motifs is 1. The predicted molar refractivity (Wildman–Crippen MR) is 69.4 cm³/mol. The highest BCUT2D eigenvalue weighted by molar-refractivity contribution is 6.10. The molecule has 2 amide bonds. The Balaban J connectivity index is 2.24. The number of hydrogen-bond donors (Lipinski definition) is 2. The summed E-state index contributed by atoms with van der Waals surface area (Å²) in [6.07, 6.45) is 0. The van der Waals surface area contributed by atoms with Crippen molar-refractivity contribution in [2.75, 3.05) is 17.4 Å². The highest BCUT2D eigenvalue weighted by Gasteiger charge is 2.19. The second kappa shape index (κ2) is 5.07. The van der Waals surface area contributed by atoms with E-state index in [-0.39, 0.29) is 11.7 Å². The van der Waals surface area contributed by atoms with Crippen LogP contribution < -0.4 is 15.6 Å². The van der Waals surface area contributed by atoms with E-state index in [4.69, 9.17) is 10.5 Å². The number of carbonyl (C=O) groups is 1. The first kappa shape index (κ1) is 12.4. The Labute approximate surface area is 109 Å². The van der Waals surface area contributed by atoms with Crippen LogP contribution >= 0.6 is 0 Å². The Morgan fingerprint density at radius 3 is 2.89 bits per heavy atom. The number of hydrazone groups is 1. The number of anilines is 2. The van der Waals surface area contributed by atoms with Gasteiger partial charge in [0.1, 0.15) is 12.1 Å². The van der Waals surface area contributed by atoms with E-state index in [1.165, 1.54) is 4.90 Å². The van der Waals surface area contributed by atoms with Gasteiger partial charge in [0, 0.05) is 13.6 Å². The summed E-state index contributed by atoms with van der Waals surface area (Å²) in [4.78, 5) is 13.0. The lowest BCUT2D eigenvalue weighted by Crippen LogP contribution is -2.41. The zero-order chi connectivity index (χ0) is 13.8. The molecule has 1 aromatic carbocycles. The minimum absolute atomic E-state index is 0.150. The van der Waals surface area contributed by atoms with Gasteiger partial charge in [0.2, 0.25) is 5.71 Å². The van der Waals surface area contributed by atoms with Crippen molar-refractivity contribution >= 4 is 23.1 Å². The summed E-state index contributed by atoms with van der Waals surface area (Å²) in [5, 5.41) is 23.5. The molecule has 7 nitrogen and oxygen atoms in total. The molecule has 0 unspecified atom stereocenters. The second-order valence-corrected chi connectivity index (χ2v) is 3.86. The third kappa shape index (κ3) is 2.45. The number of nitriles is 2. The minimum Gasteiger partial charge on any atom is -0.334 e. The van der Waals surface area contributed by atoms with Crippen molar-refractivity contribution < 1.29 is 4.79 Å². The van der Waals surface area contributed by atoms with Crippen LogP contribution in [0.2, 0.25) is 0 Å². The quantitative estimate of drug-likeness (QED) is 0.610. The van der Waals surface area contributed by atoms with Crippen LogP contribution in [0.15, 0.2) is 23.3 Å². The first-order valence-corrected chi connectivity index (χ1v) is 5.44. The molecule has 0 saturated heterocycles. The summed E-state index contributed by atoms with van der Waals surface area (Å²) in [6.45, 7) is 0.432. The predicted octanol–water partition coefficient (Wildman–Crippen LogP) is 1.16. The third-order valence-electron chi connectivity index (χ3n) is 2.68. The molecule has 19 heavy (non-hydrogen) atoms. The Morgan fingerprint density at radius 1 is 1.47 bits per heavy atom. The molecule has 0 spiro atoms. The molecule has 0 radical (unpaired) electrons. The number of hydrogen-bond acceptors (Lipinski definition) is 5. The fourth-order valence-electron chi connectivity index (χ4n) is 1.72. The largest absolute Gasteiger partial charge is 0.334 e. The van der Waals surface area contributed by atoms with Gasteiger partial charge in [-0.3, -0.25) is 10.3 Å². The molecule has 1 aliphatic heterocycles. The van der Waals surface area contributed by atoms with Gasteiger partial charge < -0.3 is 5.32 Å². The van der Waals surface area contributed by atoms with Crippen molar-refractivity contribution in [1.82, 2.24) is 5.32 Å². The van der Waals surface area contributed by atoms with Gasteiger partial charge in [-0.05, 0) is 23.8 Å². The Morgan fingerprint density at radius 2 is 2.21 bits per heavy atom. The lowest BCUT2D eigenvalue weighted by Gasteiger charge is -2.26. The lowest BCUT2D eigenvalue weighted by molar-refractivity contribution is 0.246. The average molecular weight is 254 g/mol. The summed E-state index contributed by atoms with van der Waals surface area (Å²) in [7, 11) is 1.68. The second-order valence-electron chi connectivity index (χ2n) is 3.86. The third-order valence-corrected chi connectivity index (χ3v) is 2.68. The van der Waals surface area contributed by atoms with Crippen molar-refractivity contribution in [2.24, 2.45) is 5.10 Å². The van der Waals surface area contributed by atoms with E-state index in [0.717, 1.165) is 11.3 Å². The number of carbonyl (C=O) groups excluding carboxylic acids is 1. The molecule has 2 N–H and O–H groups in total. The number of benzene rings is 1. The van der Waals surface area contributed by atoms with Crippen molar-refractivity contribution in [2.45, 2.75) is 6.54 Å². The smallest absolute Gasteiger partial charge is 0.321 e. The van der Waals surface area contributed by atoms with E-state index in [2.05, 4.69) is 15.8 Å². The van der Waals surface area contributed by atoms with E-state index < -0.39 is 0 Å². The minimum atomic E-state index is -0.247. The molecule has 0 aliphatic carbocycles. The standard InChI is InChI=1S/C12H10N6O/c1-18-11-3-2-9(16-17-10(5-13)6-14)4-8(11)7-15-12(18)19/h2-4,16H,7H2,1H3,(H,15,19). The molecule has 1 heterocycles. The van der Waals surface area contributed by atoms with Crippen LogP contribution in [0, 0.1) is 22.7 Å². The van der Waals surface area contributed by atoms with Crippen molar-refractivity contribution in [1.29, 1.82) is 10.5 Å². The van der Waals surface area contributed by atoms with Crippen LogP contribution in [0.3, 0.4) is 0 Å². The first-order valence-electron chi connectivity index (χ1n) is 5.44. The van der Waals surface area contributed by atoms with E-state index in [1.807, 2.05) is 0 Å². The summed E-state index contributed by atoms with van der Waals surface area (Å²) in [5.41, 5.74) is 4.78. The van der Waals surface area contributed by atoms with Crippen LogP contribution in [0.25, 0.3) is 0 Å². The number of rotatable bonds is 2. The molecule has 2 rings (SSSR count). The maximum absolute atomic E-state index is 11.4. The van der Waals surface area contributed by atoms with Gasteiger partial charge in [-0.15, -0.1) is 0 Å². The molecule has 94 valence electrons. The van der Waals surface area contributed by atoms with Crippen molar-refractivity contribution in [3.63, 3.8) is 0 Å². The zero-order valence-electron chi connectivity index (χ0n) is 10.1. The Bertz CT molecular complexity index is 621. The molecule has 0 fully saturated rings. The maximum Gasteiger partial charge on any atom is 0.321 e. The molecule has 0 atom stereocenters. The van der Waals surface area contributed by atoms with E-state index in [1.54, 1.807) is 37.4 Å². The molecule has 1 aromatic rings.